The summed E-state index contributed by atoms with van der Waals surface area (Å²) in [7, 11) is 0. The number of carbonyl (C=O) groups excluding carboxylic acids is 2. The standard InChI is InChI=1S/C16H26N4O6Se2/c17-9(13(21)19-5-1-3-11(19)15(23)24)7-27-28-8-10(18)14(22)20-6-2-4-12(20)16(25)26/h9-12H,1-8,17-18H2,(H,23,24)(H,25,26)/t9-,10-,11-,12-/m0/s1. The van der Waals surface area contributed by atoms with Crippen LogP contribution in [0.2, 0.25) is 10.6 Å². The molecule has 12 heteroatoms. The maximum atomic E-state index is 12.4. The van der Waals surface area contributed by atoms with Crippen molar-refractivity contribution in [2.24, 2.45) is 11.5 Å². The SMILES string of the molecule is N[C@@H](C[Se][Se]C[C@H](N)C(=O)N1CCC[C@H]1C(=O)O)C(=O)N1CCC[C@H]1C(=O)O. The van der Waals surface area contributed by atoms with Gasteiger partial charge in [0.15, 0.2) is 0 Å². The fraction of sp³-hybridized carbons (Fsp3) is 0.750. The Labute approximate surface area is 174 Å². The van der Waals surface area contributed by atoms with E-state index in [4.69, 9.17) is 11.5 Å². The van der Waals surface area contributed by atoms with E-state index in [9.17, 15) is 29.4 Å². The van der Waals surface area contributed by atoms with Crippen LogP contribution in [0.3, 0.4) is 0 Å². The average Bonchev–Trinajstić information content (AvgIpc) is 3.32. The monoisotopic (exact) mass is 530 g/mol. The molecule has 10 nitrogen and oxygen atoms in total. The Hall–Kier alpha value is -1.16. The van der Waals surface area contributed by atoms with Gasteiger partial charge in [0.2, 0.25) is 0 Å². The Morgan fingerprint density at radius 3 is 1.50 bits per heavy atom. The summed E-state index contributed by atoms with van der Waals surface area (Å²) >= 11 is 0.0747. The Morgan fingerprint density at radius 1 is 0.821 bits per heavy atom. The molecular weight excluding hydrogens is 502 g/mol. The molecule has 0 spiro atoms. The zero-order chi connectivity index (χ0) is 20.8. The number of hydrogen-bond donors (Lipinski definition) is 4. The van der Waals surface area contributed by atoms with Gasteiger partial charge in [-0.25, -0.2) is 0 Å². The van der Waals surface area contributed by atoms with Gasteiger partial charge in [0.1, 0.15) is 0 Å². The number of carboxylic acid groups (broad SMARTS) is 2. The van der Waals surface area contributed by atoms with Crippen LogP contribution in [0.4, 0.5) is 0 Å². The molecule has 2 amide bonds. The number of carbonyl (C=O) groups is 4. The third kappa shape index (κ3) is 5.68. The Morgan fingerprint density at radius 2 is 1.18 bits per heavy atom. The van der Waals surface area contributed by atoms with Crippen molar-refractivity contribution in [3.63, 3.8) is 0 Å². The van der Waals surface area contributed by atoms with Crippen molar-refractivity contribution in [3.8, 4) is 0 Å². The molecule has 0 aromatic carbocycles. The van der Waals surface area contributed by atoms with Gasteiger partial charge in [0.05, 0.1) is 0 Å². The van der Waals surface area contributed by atoms with Crippen molar-refractivity contribution in [2.45, 2.75) is 60.5 Å². The minimum absolute atomic E-state index is 0.0373. The molecule has 0 aromatic rings. The molecule has 0 aliphatic carbocycles. The molecule has 0 aromatic heterocycles. The van der Waals surface area contributed by atoms with Crippen LogP contribution in [0, 0.1) is 0 Å². The van der Waals surface area contributed by atoms with E-state index in [0.29, 0.717) is 49.4 Å². The van der Waals surface area contributed by atoms with E-state index in [1.54, 1.807) is 0 Å². The average molecular weight is 528 g/mol. The molecule has 2 rings (SSSR count). The fourth-order valence-corrected chi connectivity index (χ4v) is 10.3. The van der Waals surface area contributed by atoms with E-state index in [2.05, 4.69) is 0 Å². The summed E-state index contributed by atoms with van der Waals surface area (Å²) in [6.45, 7) is 0.837. The summed E-state index contributed by atoms with van der Waals surface area (Å²) in [6.07, 6.45) is 2.23. The molecule has 2 saturated heterocycles. The molecular formula is C16H26N4O6Se2. The van der Waals surface area contributed by atoms with E-state index >= 15 is 0 Å². The molecule has 158 valence electrons. The minimum atomic E-state index is -1.00. The number of nitrogens with zero attached hydrogens (tertiary/aromatic N) is 2. The van der Waals surface area contributed by atoms with Gasteiger partial charge in [0.25, 0.3) is 0 Å². The molecule has 0 bridgehead atoms. The Balaban J connectivity index is 1.73. The molecule has 0 unspecified atom stereocenters. The number of rotatable bonds is 9. The van der Waals surface area contributed by atoms with Gasteiger partial charge in [-0.15, -0.1) is 0 Å². The van der Waals surface area contributed by atoms with E-state index < -0.39 is 36.1 Å². The molecule has 0 radical (unpaired) electrons. The summed E-state index contributed by atoms with van der Waals surface area (Å²) in [5.74, 6) is -2.66. The third-order valence-corrected chi connectivity index (χ3v) is 12.1. The van der Waals surface area contributed by atoms with E-state index in [1.165, 1.54) is 9.80 Å². The van der Waals surface area contributed by atoms with E-state index in [-0.39, 0.29) is 38.1 Å². The molecule has 0 saturated carbocycles. The summed E-state index contributed by atoms with van der Waals surface area (Å²) in [6, 6.07) is -3.04. The molecule has 2 heterocycles. The molecule has 4 atom stereocenters. The molecule has 2 fully saturated rings. The first-order chi connectivity index (χ1) is 13.2. The fourth-order valence-electron chi connectivity index (χ4n) is 3.39. The second-order valence-electron chi connectivity index (χ2n) is 6.84. The predicted octanol–water partition coefficient (Wildman–Crippen LogP) is -2.05. The van der Waals surface area contributed by atoms with E-state index in [0.717, 1.165) is 0 Å². The van der Waals surface area contributed by atoms with Gasteiger partial charge in [-0.1, -0.05) is 0 Å². The topological polar surface area (TPSA) is 167 Å². The molecule has 2 aliphatic heterocycles. The van der Waals surface area contributed by atoms with Crippen LogP contribution in [0.1, 0.15) is 25.7 Å². The zero-order valence-electron chi connectivity index (χ0n) is 15.4. The first kappa shape index (κ1) is 23.1. The number of aliphatic carboxylic acids is 2. The van der Waals surface area contributed by atoms with Gasteiger partial charge in [-0.05, 0) is 0 Å². The van der Waals surface area contributed by atoms with Gasteiger partial charge >= 0.3 is 174 Å². The van der Waals surface area contributed by atoms with Crippen LogP contribution in [0.15, 0.2) is 0 Å². The number of amides is 2. The van der Waals surface area contributed by atoms with Gasteiger partial charge in [0, 0.05) is 0 Å². The van der Waals surface area contributed by atoms with Gasteiger partial charge in [-0.2, -0.15) is 0 Å². The van der Waals surface area contributed by atoms with E-state index in [1.807, 2.05) is 0 Å². The number of hydrogen-bond acceptors (Lipinski definition) is 6. The van der Waals surface area contributed by atoms with Crippen molar-refractivity contribution in [1.29, 1.82) is 0 Å². The second-order valence-corrected chi connectivity index (χ2v) is 14.4. The van der Waals surface area contributed by atoms with Crippen LogP contribution in [0.25, 0.3) is 0 Å². The summed E-state index contributed by atoms with van der Waals surface area (Å²) in [4.78, 5) is 49.9. The van der Waals surface area contributed by atoms with Gasteiger partial charge < -0.3 is 0 Å². The molecule has 6 N–H and O–H groups in total. The van der Waals surface area contributed by atoms with Gasteiger partial charge in [-0.3, -0.25) is 0 Å². The van der Waals surface area contributed by atoms with Crippen molar-refractivity contribution in [2.75, 3.05) is 13.1 Å². The molecule has 28 heavy (non-hydrogen) atoms. The van der Waals surface area contributed by atoms with Crippen LogP contribution in [-0.2, 0) is 19.2 Å². The zero-order valence-corrected chi connectivity index (χ0v) is 18.8. The normalized spacial score (nSPS) is 24.2. The number of nitrogens with two attached hydrogens (primary N) is 2. The van der Waals surface area contributed by atoms with Crippen molar-refractivity contribution < 1.29 is 29.4 Å². The second kappa shape index (κ2) is 10.6. The maximum absolute atomic E-state index is 12.4. The molecule has 2 aliphatic rings. The quantitative estimate of drug-likeness (QED) is 0.196. The van der Waals surface area contributed by atoms with Crippen LogP contribution in [-0.4, -0.2) is 107 Å². The third-order valence-electron chi connectivity index (χ3n) is 4.85. The van der Waals surface area contributed by atoms with Crippen LogP contribution in [0.5, 0.6) is 0 Å². The Bertz CT molecular complexity index is 570. The van der Waals surface area contributed by atoms with Crippen molar-refractivity contribution >= 4 is 50.0 Å². The Kier molecular flexibility index (Phi) is 8.73. The summed E-state index contributed by atoms with van der Waals surface area (Å²) in [5, 5.41) is 19.3. The van der Waals surface area contributed by atoms with Crippen molar-refractivity contribution in [3.05, 3.63) is 0 Å². The number of likely N-dealkylation sites (tertiary alicyclic amines) is 2. The summed E-state index contributed by atoms with van der Waals surface area (Å²) < 4.78 is 0. The van der Waals surface area contributed by atoms with Crippen molar-refractivity contribution in [1.82, 2.24) is 9.80 Å². The number of carboxylic acids is 2. The predicted molar refractivity (Wildman–Crippen MR) is 102 cm³/mol. The van der Waals surface area contributed by atoms with Crippen LogP contribution >= 0.6 is 0 Å². The summed E-state index contributed by atoms with van der Waals surface area (Å²) in [5.41, 5.74) is 11.9. The first-order valence-electron chi connectivity index (χ1n) is 9.06. The van der Waals surface area contributed by atoms with Crippen LogP contribution < -0.4 is 11.5 Å². The first-order valence-corrected chi connectivity index (χ1v) is 15.8.